The van der Waals surface area contributed by atoms with Crippen molar-refractivity contribution < 1.29 is 0 Å². The van der Waals surface area contributed by atoms with Gasteiger partial charge < -0.3 is 11.1 Å². The van der Waals surface area contributed by atoms with E-state index in [0.29, 0.717) is 18.5 Å². The van der Waals surface area contributed by atoms with Crippen molar-refractivity contribution in [3.8, 4) is 0 Å². The average Bonchev–Trinajstić information content (AvgIpc) is 2.57. The lowest BCUT2D eigenvalue weighted by molar-refractivity contribution is 0.265. The van der Waals surface area contributed by atoms with E-state index in [2.05, 4.69) is 86.3 Å². The molecule has 2 rings (SSSR count). The molecule has 0 saturated carbocycles. The van der Waals surface area contributed by atoms with E-state index in [9.17, 15) is 0 Å². The molecule has 4 nitrogen and oxygen atoms in total. The maximum atomic E-state index is 6.07. The third-order valence-corrected chi connectivity index (χ3v) is 4.62. The number of anilines is 1. The van der Waals surface area contributed by atoms with Gasteiger partial charge in [0.2, 0.25) is 0 Å². The van der Waals surface area contributed by atoms with Crippen molar-refractivity contribution >= 4 is 11.6 Å². The molecule has 0 unspecified atom stereocenters. The molecule has 0 aliphatic heterocycles. The number of hydrogen-bond acceptors (Lipinski definition) is 2. The second-order valence-corrected chi connectivity index (χ2v) is 6.90. The second-order valence-electron chi connectivity index (χ2n) is 6.90. The van der Waals surface area contributed by atoms with Crippen LogP contribution in [0.1, 0.15) is 36.1 Å². The van der Waals surface area contributed by atoms with Crippen LogP contribution in [0, 0.1) is 13.8 Å². The summed E-state index contributed by atoms with van der Waals surface area (Å²) in [5.41, 5.74) is 12.0. The highest BCUT2D eigenvalue weighted by atomic mass is 15.1. The van der Waals surface area contributed by atoms with Gasteiger partial charge in [0.05, 0.1) is 6.54 Å². The van der Waals surface area contributed by atoms with E-state index in [-0.39, 0.29) is 0 Å². The standard InChI is InChI=1S/C21H30N4/c1-15(2)25(5)14-19-9-7-6-8-18(19)13-23-21(22)24-20-11-10-16(3)17(4)12-20/h6-12,15H,13-14H2,1-5H3,(H3,22,23,24). The first-order valence-electron chi connectivity index (χ1n) is 8.78. The lowest BCUT2D eigenvalue weighted by atomic mass is 10.1. The zero-order valence-corrected chi connectivity index (χ0v) is 16.0. The zero-order valence-electron chi connectivity index (χ0n) is 16.0. The van der Waals surface area contributed by atoms with Crippen LogP contribution in [0.2, 0.25) is 0 Å². The van der Waals surface area contributed by atoms with Gasteiger partial charge in [-0.15, -0.1) is 0 Å². The largest absolute Gasteiger partial charge is 0.370 e. The zero-order chi connectivity index (χ0) is 18.4. The Morgan fingerprint density at radius 2 is 1.76 bits per heavy atom. The fourth-order valence-electron chi connectivity index (χ4n) is 2.49. The van der Waals surface area contributed by atoms with Crippen LogP contribution >= 0.6 is 0 Å². The molecular formula is C21H30N4. The molecule has 0 radical (unpaired) electrons. The number of nitrogens with zero attached hydrogens (tertiary/aromatic N) is 2. The topological polar surface area (TPSA) is 53.6 Å². The number of guanidine groups is 1. The summed E-state index contributed by atoms with van der Waals surface area (Å²) in [4.78, 5) is 6.84. The first kappa shape index (κ1) is 19.0. The number of benzene rings is 2. The molecule has 4 heteroatoms. The predicted octanol–water partition coefficient (Wildman–Crippen LogP) is 4.07. The average molecular weight is 338 g/mol. The minimum atomic E-state index is 0.440. The SMILES string of the molecule is Cc1ccc(NC(N)=NCc2ccccc2CN(C)C(C)C)cc1C. The summed E-state index contributed by atoms with van der Waals surface area (Å²) in [6.45, 7) is 10.1. The Balaban J connectivity index is 2.06. The van der Waals surface area contributed by atoms with E-state index in [1.807, 2.05) is 6.07 Å². The van der Waals surface area contributed by atoms with Crippen LogP contribution in [0.15, 0.2) is 47.5 Å². The number of nitrogens with two attached hydrogens (primary N) is 1. The molecule has 0 amide bonds. The van der Waals surface area contributed by atoms with Gasteiger partial charge in [0.1, 0.15) is 0 Å². The minimum Gasteiger partial charge on any atom is -0.370 e. The Kier molecular flexibility index (Phi) is 6.59. The van der Waals surface area contributed by atoms with Crippen molar-refractivity contribution in [1.82, 2.24) is 4.90 Å². The Hall–Kier alpha value is -2.33. The first-order chi connectivity index (χ1) is 11.9. The molecule has 0 aliphatic carbocycles. The summed E-state index contributed by atoms with van der Waals surface area (Å²) in [5, 5.41) is 3.18. The van der Waals surface area contributed by atoms with E-state index in [1.165, 1.54) is 22.3 Å². The summed E-state index contributed by atoms with van der Waals surface area (Å²) in [5.74, 6) is 0.440. The van der Waals surface area contributed by atoms with Gasteiger partial charge in [-0.1, -0.05) is 30.3 Å². The van der Waals surface area contributed by atoms with Crippen molar-refractivity contribution in [2.45, 2.75) is 46.8 Å². The summed E-state index contributed by atoms with van der Waals surface area (Å²) in [7, 11) is 2.14. The Labute approximate surface area is 151 Å². The van der Waals surface area contributed by atoms with Gasteiger partial charge in [0, 0.05) is 18.3 Å². The van der Waals surface area contributed by atoms with Gasteiger partial charge in [-0.2, -0.15) is 0 Å². The molecule has 134 valence electrons. The Morgan fingerprint density at radius 3 is 2.40 bits per heavy atom. The molecular weight excluding hydrogens is 308 g/mol. The van der Waals surface area contributed by atoms with Crippen LogP contribution < -0.4 is 11.1 Å². The second kappa shape index (κ2) is 8.67. The fourth-order valence-corrected chi connectivity index (χ4v) is 2.49. The first-order valence-corrected chi connectivity index (χ1v) is 8.78. The van der Waals surface area contributed by atoms with Crippen molar-refractivity contribution in [3.05, 3.63) is 64.7 Å². The number of aryl methyl sites for hydroxylation is 2. The predicted molar refractivity (Wildman–Crippen MR) is 108 cm³/mol. The molecule has 25 heavy (non-hydrogen) atoms. The molecule has 3 N–H and O–H groups in total. The Bertz CT molecular complexity index is 734. The maximum Gasteiger partial charge on any atom is 0.193 e. The van der Waals surface area contributed by atoms with Crippen LogP contribution in [0.3, 0.4) is 0 Å². The van der Waals surface area contributed by atoms with Gasteiger partial charge in [-0.05, 0) is 69.1 Å². The summed E-state index contributed by atoms with van der Waals surface area (Å²) < 4.78 is 0. The van der Waals surface area contributed by atoms with E-state index >= 15 is 0 Å². The van der Waals surface area contributed by atoms with Gasteiger partial charge >= 0.3 is 0 Å². The lowest BCUT2D eigenvalue weighted by Crippen LogP contribution is -2.26. The molecule has 0 atom stereocenters. The van der Waals surface area contributed by atoms with Gasteiger partial charge in [-0.3, -0.25) is 4.90 Å². The van der Waals surface area contributed by atoms with Gasteiger partial charge in [0.25, 0.3) is 0 Å². The molecule has 0 fully saturated rings. The molecule has 2 aromatic rings. The van der Waals surface area contributed by atoms with E-state index < -0.39 is 0 Å². The number of hydrogen-bond donors (Lipinski definition) is 2. The van der Waals surface area contributed by atoms with Crippen molar-refractivity contribution in [2.24, 2.45) is 10.7 Å². The van der Waals surface area contributed by atoms with Crippen LogP contribution in [0.4, 0.5) is 5.69 Å². The van der Waals surface area contributed by atoms with E-state index in [4.69, 9.17) is 5.73 Å². The van der Waals surface area contributed by atoms with Crippen LogP contribution in [-0.4, -0.2) is 23.9 Å². The maximum absolute atomic E-state index is 6.07. The highest BCUT2D eigenvalue weighted by Gasteiger charge is 2.08. The molecule has 0 spiro atoms. The van der Waals surface area contributed by atoms with Gasteiger partial charge in [-0.25, -0.2) is 4.99 Å². The summed E-state index contributed by atoms with van der Waals surface area (Å²) in [6.07, 6.45) is 0. The molecule has 0 bridgehead atoms. The smallest absolute Gasteiger partial charge is 0.193 e. The van der Waals surface area contributed by atoms with Crippen LogP contribution in [-0.2, 0) is 13.1 Å². The highest BCUT2D eigenvalue weighted by Crippen LogP contribution is 2.15. The fraction of sp³-hybridized carbons (Fsp3) is 0.381. The third-order valence-electron chi connectivity index (χ3n) is 4.62. The molecule has 0 aromatic heterocycles. The van der Waals surface area contributed by atoms with Gasteiger partial charge in [0.15, 0.2) is 5.96 Å². The Morgan fingerprint density at radius 1 is 1.08 bits per heavy atom. The monoisotopic (exact) mass is 338 g/mol. The summed E-state index contributed by atoms with van der Waals surface area (Å²) >= 11 is 0. The normalized spacial score (nSPS) is 12.0. The molecule has 0 aliphatic rings. The van der Waals surface area contributed by atoms with Crippen LogP contribution in [0.25, 0.3) is 0 Å². The number of nitrogens with one attached hydrogen (secondary N) is 1. The van der Waals surface area contributed by atoms with Crippen molar-refractivity contribution in [3.63, 3.8) is 0 Å². The number of rotatable bonds is 6. The minimum absolute atomic E-state index is 0.440. The summed E-state index contributed by atoms with van der Waals surface area (Å²) in [6, 6.07) is 15.1. The van der Waals surface area contributed by atoms with Crippen LogP contribution in [0.5, 0.6) is 0 Å². The molecule has 0 heterocycles. The molecule has 2 aromatic carbocycles. The van der Waals surface area contributed by atoms with Crippen molar-refractivity contribution in [2.75, 3.05) is 12.4 Å². The highest BCUT2D eigenvalue weighted by molar-refractivity contribution is 5.92. The van der Waals surface area contributed by atoms with Crippen molar-refractivity contribution in [1.29, 1.82) is 0 Å². The van der Waals surface area contributed by atoms with E-state index in [0.717, 1.165) is 12.2 Å². The number of aliphatic imine (C=N–C) groups is 1. The van der Waals surface area contributed by atoms with E-state index in [1.54, 1.807) is 0 Å². The quantitative estimate of drug-likeness (QED) is 0.616. The molecule has 0 saturated heterocycles. The third kappa shape index (κ3) is 5.61. The lowest BCUT2D eigenvalue weighted by Gasteiger charge is -2.22.